The van der Waals surface area contributed by atoms with Crippen molar-refractivity contribution in [1.82, 2.24) is 15.6 Å². The van der Waals surface area contributed by atoms with Gasteiger partial charge in [-0.2, -0.15) is 0 Å². The molecule has 2 N–H and O–H groups in total. The van der Waals surface area contributed by atoms with Crippen LogP contribution in [0.3, 0.4) is 0 Å². The zero-order chi connectivity index (χ0) is 21.1. The number of hydrogen-bond donors (Lipinski definition) is 2. The van der Waals surface area contributed by atoms with E-state index >= 15 is 0 Å². The standard InChI is InChI=1S/C23H33N3O4/c1-13-16(6-5-9-24-13)30-17-12-29-18-15(11-28-19(17)18)25-21(27)26-20-22(2,3)14-7-8-23(20,4)10-14/h5-6,9,14-15,17-20H,7-8,10-12H2,1-4H3,(H2,25,26,27)/t14-,15?,17+,18+,19?,20?,23+/m1/s1. The minimum Gasteiger partial charge on any atom is -0.483 e. The summed E-state index contributed by atoms with van der Waals surface area (Å²) in [6.45, 7) is 9.71. The highest BCUT2D eigenvalue weighted by Gasteiger charge is 2.60. The van der Waals surface area contributed by atoms with Gasteiger partial charge in [0, 0.05) is 12.2 Å². The molecule has 5 rings (SSSR count). The van der Waals surface area contributed by atoms with Gasteiger partial charge in [-0.05, 0) is 55.1 Å². The summed E-state index contributed by atoms with van der Waals surface area (Å²) < 4.78 is 18.1. The van der Waals surface area contributed by atoms with Crippen molar-refractivity contribution < 1.29 is 19.0 Å². The van der Waals surface area contributed by atoms with Crippen LogP contribution < -0.4 is 15.4 Å². The van der Waals surface area contributed by atoms with E-state index < -0.39 is 0 Å². The predicted octanol–water partition coefficient (Wildman–Crippen LogP) is 2.82. The molecule has 2 saturated carbocycles. The van der Waals surface area contributed by atoms with Crippen LogP contribution in [0.25, 0.3) is 0 Å². The van der Waals surface area contributed by atoms with Gasteiger partial charge in [0.2, 0.25) is 0 Å². The fraction of sp³-hybridized carbons (Fsp3) is 0.739. The van der Waals surface area contributed by atoms with Crippen LogP contribution in [0.1, 0.15) is 45.7 Å². The van der Waals surface area contributed by atoms with Gasteiger partial charge in [-0.15, -0.1) is 0 Å². The van der Waals surface area contributed by atoms with Crippen LogP contribution in [-0.4, -0.2) is 54.6 Å². The smallest absolute Gasteiger partial charge is 0.315 e. The number of aryl methyl sites for hydroxylation is 1. The van der Waals surface area contributed by atoms with Crippen LogP contribution in [0.5, 0.6) is 5.75 Å². The van der Waals surface area contributed by atoms with Crippen LogP contribution in [0.15, 0.2) is 18.3 Å². The van der Waals surface area contributed by atoms with E-state index in [9.17, 15) is 4.79 Å². The number of nitrogens with one attached hydrogen (secondary N) is 2. The van der Waals surface area contributed by atoms with E-state index in [1.165, 1.54) is 19.3 Å². The second-order valence-corrected chi connectivity index (χ2v) is 10.4. The van der Waals surface area contributed by atoms with E-state index in [2.05, 4.69) is 36.4 Å². The number of carbonyl (C=O) groups excluding carboxylic acids is 1. The van der Waals surface area contributed by atoms with Crippen LogP contribution in [0.4, 0.5) is 4.79 Å². The van der Waals surface area contributed by atoms with Crippen molar-refractivity contribution in [3.8, 4) is 5.75 Å². The fourth-order valence-corrected chi connectivity index (χ4v) is 6.45. The number of hydrogen-bond acceptors (Lipinski definition) is 5. The van der Waals surface area contributed by atoms with Gasteiger partial charge < -0.3 is 24.8 Å². The molecule has 2 saturated heterocycles. The minimum atomic E-state index is -0.198. The van der Waals surface area contributed by atoms with Crippen LogP contribution in [0.2, 0.25) is 0 Å². The third-order valence-electron chi connectivity index (χ3n) is 8.11. The van der Waals surface area contributed by atoms with Gasteiger partial charge in [-0.1, -0.05) is 20.8 Å². The summed E-state index contributed by atoms with van der Waals surface area (Å²) in [5.74, 6) is 1.44. The van der Waals surface area contributed by atoms with E-state index in [1.807, 2.05) is 19.1 Å². The van der Waals surface area contributed by atoms with Gasteiger partial charge in [0.15, 0.2) is 6.10 Å². The second-order valence-electron chi connectivity index (χ2n) is 10.4. The lowest BCUT2D eigenvalue weighted by molar-refractivity contribution is 0.0299. The zero-order valence-corrected chi connectivity index (χ0v) is 18.3. The Morgan fingerprint density at radius 2 is 2.00 bits per heavy atom. The van der Waals surface area contributed by atoms with Gasteiger partial charge in [0.05, 0.1) is 24.9 Å². The Hall–Kier alpha value is -1.86. The lowest BCUT2D eigenvalue weighted by Gasteiger charge is -2.43. The highest BCUT2D eigenvalue weighted by Crippen LogP contribution is 2.62. The van der Waals surface area contributed by atoms with Gasteiger partial charge >= 0.3 is 6.03 Å². The fourth-order valence-electron chi connectivity index (χ4n) is 6.45. The summed E-state index contributed by atoms with van der Waals surface area (Å²) in [4.78, 5) is 17.2. The van der Waals surface area contributed by atoms with Crippen molar-refractivity contribution >= 4 is 6.03 Å². The summed E-state index contributed by atoms with van der Waals surface area (Å²) in [6, 6.07) is 3.67. The maximum atomic E-state index is 12.9. The van der Waals surface area contributed by atoms with Gasteiger partial charge in [-0.25, -0.2) is 4.79 Å². The van der Waals surface area contributed by atoms with Crippen molar-refractivity contribution in [3.63, 3.8) is 0 Å². The SMILES string of the molecule is Cc1ncccc1O[C@H]1CO[C@H]2C(NC(=O)NC3C(C)(C)[C@@H]4CC[C@@]3(C)C4)COC21. The average molecular weight is 416 g/mol. The second kappa shape index (κ2) is 7.09. The van der Waals surface area contributed by atoms with Gasteiger partial charge in [-0.3, -0.25) is 4.98 Å². The normalized spacial score (nSPS) is 40.9. The maximum Gasteiger partial charge on any atom is 0.315 e. The Kier molecular flexibility index (Phi) is 4.74. The maximum absolute atomic E-state index is 12.9. The van der Waals surface area contributed by atoms with E-state index in [1.54, 1.807) is 6.20 Å². The third kappa shape index (κ3) is 3.17. The van der Waals surface area contributed by atoms with Gasteiger partial charge in [0.1, 0.15) is 18.0 Å². The molecule has 4 aliphatic rings. The monoisotopic (exact) mass is 415 g/mol. The summed E-state index contributed by atoms with van der Waals surface area (Å²) in [6.07, 6.45) is 4.84. The molecule has 30 heavy (non-hydrogen) atoms. The Bertz CT molecular complexity index is 826. The molecule has 1 aromatic rings. The number of urea groups is 1. The van der Waals surface area contributed by atoms with E-state index in [4.69, 9.17) is 14.2 Å². The third-order valence-corrected chi connectivity index (χ3v) is 8.11. The number of nitrogens with zero attached hydrogens (tertiary/aromatic N) is 1. The Labute approximate surface area is 178 Å². The number of rotatable bonds is 4. The molecule has 2 amide bonds. The van der Waals surface area contributed by atoms with Crippen molar-refractivity contribution in [3.05, 3.63) is 24.0 Å². The zero-order valence-electron chi connectivity index (χ0n) is 18.3. The van der Waals surface area contributed by atoms with Crippen LogP contribution >= 0.6 is 0 Å². The van der Waals surface area contributed by atoms with Crippen molar-refractivity contribution in [1.29, 1.82) is 0 Å². The predicted molar refractivity (Wildman–Crippen MR) is 111 cm³/mol. The molecule has 164 valence electrons. The molecule has 0 spiro atoms. The lowest BCUT2D eigenvalue weighted by atomic mass is 9.68. The molecular weight excluding hydrogens is 382 g/mol. The Balaban J connectivity index is 1.19. The van der Waals surface area contributed by atoms with E-state index in [-0.39, 0.29) is 47.3 Å². The molecule has 3 unspecified atom stereocenters. The summed E-state index contributed by atoms with van der Waals surface area (Å²) in [7, 11) is 0. The number of aromatic nitrogens is 1. The highest BCUT2D eigenvalue weighted by atomic mass is 16.6. The first-order valence-electron chi connectivity index (χ1n) is 11.2. The average Bonchev–Trinajstić information content (AvgIpc) is 3.42. The molecule has 0 radical (unpaired) electrons. The van der Waals surface area contributed by atoms with E-state index in [0.29, 0.717) is 19.1 Å². The molecule has 7 atom stereocenters. The number of pyridine rings is 1. The minimum absolute atomic E-state index is 0.118. The summed E-state index contributed by atoms with van der Waals surface area (Å²) >= 11 is 0. The largest absolute Gasteiger partial charge is 0.483 e. The quantitative estimate of drug-likeness (QED) is 0.790. The van der Waals surface area contributed by atoms with Crippen LogP contribution in [0, 0.1) is 23.7 Å². The molecule has 2 aliphatic carbocycles. The Morgan fingerprint density at radius 1 is 1.20 bits per heavy atom. The number of amides is 2. The Morgan fingerprint density at radius 3 is 2.73 bits per heavy atom. The van der Waals surface area contributed by atoms with Crippen molar-refractivity contribution in [2.45, 2.75) is 77.4 Å². The molecule has 7 heteroatoms. The molecule has 2 aliphatic heterocycles. The first-order chi connectivity index (χ1) is 14.3. The number of fused-ring (bicyclic) bond motifs is 3. The van der Waals surface area contributed by atoms with Crippen LogP contribution in [-0.2, 0) is 9.47 Å². The lowest BCUT2D eigenvalue weighted by Crippen LogP contribution is -2.57. The first kappa shape index (κ1) is 20.1. The van der Waals surface area contributed by atoms with Crippen molar-refractivity contribution in [2.24, 2.45) is 16.7 Å². The molecule has 7 nitrogen and oxygen atoms in total. The molecule has 3 heterocycles. The first-order valence-corrected chi connectivity index (χ1v) is 11.2. The molecule has 1 aromatic heterocycles. The summed E-state index contributed by atoms with van der Waals surface area (Å²) in [5.41, 5.74) is 1.17. The number of ether oxygens (including phenoxy) is 3. The number of carbonyl (C=O) groups is 1. The molecular formula is C23H33N3O4. The molecule has 2 bridgehead atoms. The topological polar surface area (TPSA) is 81.7 Å². The highest BCUT2D eigenvalue weighted by molar-refractivity contribution is 5.75. The van der Waals surface area contributed by atoms with Gasteiger partial charge in [0.25, 0.3) is 0 Å². The molecule has 4 fully saturated rings. The van der Waals surface area contributed by atoms with E-state index in [0.717, 1.165) is 11.4 Å². The van der Waals surface area contributed by atoms with Crippen molar-refractivity contribution in [2.75, 3.05) is 13.2 Å². The summed E-state index contributed by atoms with van der Waals surface area (Å²) in [5, 5.41) is 6.43. The molecule has 0 aromatic carbocycles.